The highest BCUT2D eigenvalue weighted by molar-refractivity contribution is 5.89. The molecule has 3 heteroatoms. The first-order valence-electron chi connectivity index (χ1n) is 7.85. The van der Waals surface area contributed by atoms with Gasteiger partial charge >= 0.3 is 5.97 Å². The predicted octanol–water partition coefficient (Wildman–Crippen LogP) is 4.25. The van der Waals surface area contributed by atoms with Crippen LogP contribution in [0.2, 0.25) is 0 Å². The second-order valence-electron chi connectivity index (χ2n) is 5.92. The van der Waals surface area contributed by atoms with Crippen molar-refractivity contribution in [2.45, 2.75) is 52.6 Å². The second-order valence-corrected chi connectivity index (χ2v) is 5.92. The molecule has 0 aliphatic carbocycles. The molecule has 1 aromatic carbocycles. The van der Waals surface area contributed by atoms with E-state index in [1.807, 2.05) is 18.2 Å². The number of methoxy groups -OCH3 is 1. The van der Waals surface area contributed by atoms with Crippen LogP contribution in [-0.2, 0) is 15.9 Å². The quantitative estimate of drug-likeness (QED) is 0.638. The molecule has 3 nitrogen and oxygen atoms in total. The highest BCUT2D eigenvalue weighted by Gasteiger charge is 2.17. The Kier molecular flexibility index (Phi) is 8.06. The Morgan fingerprint density at radius 2 is 2.05 bits per heavy atom. The van der Waals surface area contributed by atoms with Crippen molar-refractivity contribution in [3.05, 3.63) is 35.4 Å². The van der Waals surface area contributed by atoms with E-state index >= 15 is 0 Å². The lowest BCUT2D eigenvalue weighted by Gasteiger charge is -2.19. The summed E-state index contributed by atoms with van der Waals surface area (Å²) in [5.74, 6) is 0.213. The highest BCUT2D eigenvalue weighted by Crippen LogP contribution is 2.14. The molecule has 0 saturated carbocycles. The SMILES string of the molecule is CCCCc1cccc(C(=O)OC(COC)CC(C)C)c1. The zero-order valence-corrected chi connectivity index (χ0v) is 13.7. The number of benzene rings is 1. The molecule has 21 heavy (non-hydrogen) atoms. The smallest absolute Gasteiger partial charge is 0.338 e. The van der Waals surface area contributed by atoms with Gasteiger partial charge in [0.1, 0.15) is 6.10 Å². The minimum atomic E-state index is -0.254. The average Bonchev–Trinajstić information content (AvgIpc) is 2.45. The van der Waals surface area contributed by atoms with Gasteiger partial charge in [0.25, 0.3) is 0 Å². The maximum atomic E-state index is 12.3. The van der Waals surface area contributed by atoms with Gasteiger partial charge in [-0.1, -0.05) is 39.3 Å². The molecule has 1 aromatic rings. The lowest BCUT2D eigenvalue weighted by Crippen LogP contribution is -2.24. The van der Waals surface area contributed by atoms with Gasteiger partial charge < -0.3 is 9.47 Å². The summed E-state index contributed by atoms with van der Waals surface area (Å²) in [6, 6.07) is 7.75. The Labute approximate surface area is 128 Å². The van der Waals surface area contributed by atoms with Crippen molar-refractivity contribution in [2.24, 2.45) is 5.92 Å². The summed E-state index contributed by atoms with van der Waals surface area (Å²) in [7, 11) is 1.63. The summed E-state index contributed by atoms with van der Waals surface area (Å²) in [5, 5.41) is 0. The van der Waals surface area contributed by atoms with Gasteiger partial charge in [0.2, 0.25) is 0 Å². The molecule has 118 valence electrons. The van der Waals surface area contributed by atoms with E-state index in [2.05, 4.69) is 26.8 Å². The molecule has 1 unspecified atom stereocenters. The third-order valence-electron chi connectivity index (χ3n) is 3.34. The molecule has 1 atom stereocenters. The highest BCUT2D eigenvalue weighted by atomic mass is 16.6. The molecule has 0 N–H and O–H groups in total. The minimum absolute atomic E-state index is 0.179. The Hall–Kier alpha value is -1.35. The molecule has 0 heterocycles. The molecule has 0 fully saturated rings. The lowest BCUT2D eigenvalue weighted by molar-refractivity contribution is -0.000689. The molecule has 1 rings (SSSR count). The first-order chi connectivity index (χ1) is 10.1. The third kappa shape index (κ3) is 6.76. The van der Waals surface area contributed by atoms with Crippen LogP contribution in [0.1, 0.15) is 56.0 Å². The minimum Gasteiger partial charge on any atom is -0.456 e. The van der Waals surface area contributed by atoms with Gasteiger partial charge in [0, 0.05) is 7.11 Å². The Morgan fingerprint density at radius 1 is 1.29 bits per heavy atom. The van der Waals surface area contributed by atoms with Crippen molar-refractivity contribution < 1.29 is 14.3 Å². The van der Waals surface area contributed by atoms with Crippen molar-refractivity contribution in [1.29, 1.82) is 0 Å². The summed E-state index contributed by atoms with van der Waals surface area (Å²) in [4.78, 5) is 12.3. The van der Waals surface area contributed by atoms with Crippen molar-refractivity contribution in [1.82, 2.24) is 0 Å². The first kappa shape index (κ1) is 17.7. The zero-order chi connectivity index (χ0) is 15.7. The van der Waals surface area contributed by atoms with Crippen LogP contribution in [0.15, 0.2) is 24.3 Å². The van der Waals surface area contributed by atoms with Crippen LogP contribution in [-0.4, -0.2) is 25.8 Å². The fourth-order valence-electron chi connectivity index (χ4n) is 2.32. The molecule has 0 spiro atoms. The molecule has 0 radical (unpaired) electrons. The van der Waals surface area contributed by atoms with Gasteiger partial charge in [0.15, 0.2) is 0 Å². The number of carbonyl (C=O) groups excluding carboxylic acids is 1. The molecule has 0 saturated heterocycles. The van der Waals surface area contributed by atoms with Crippen LogP contribution >= 0.6 is 0 Å². The van der Waals surface area contributed by atoms with Gasteiger partial charge in [-0.3, -0.25) is 0 Å². The number of hydrogen-bond donors (Lipinski definition) is 0. The zero-order valence-electron chi connectivity index (χ0n) is 13.7. The van der Waals surface area contributed by atoms with Gasteiger partial charge in [-0.25, -0.2) is 4.79 Å². The van der Waals surface area contributed by atoms with Crippen LogP contribution in [0.3, 0.4) is 0 Å². The van der Waals surface area contributed by atoms with Crippen LogP contribution in [0, 0.1) is 5.92 Å². The number of ether oxygens (including phenoxy) is 2. The number of unbranched alkanes of at least 4 members (excludes halogenated alkanes) is 1. The number of carbonyl (C=O) groups is 1. The summed E-state index contributed by atoms with van der Waals surface area (Å²) in [6.45, 7) is 6.84. The van der Waals surface area contributed by atoms with Crippen molar-refractivity contribution in [2.75, 3.05) is 13.7 Å². The van der Waals surface area contributed by atoms with Gasteiger partial charge in [-0.05, 0) is 42.9 Å². The van der Waals surface area contributed by atoms with Crippen molar-refractivity contribution >= 4 is 5.97 Å². The maximum absolute atomic E-state index is 12.3. The average molecular weight is 292 g/mol. The van der Waals surface area contributed by atoms with E-state index in [4.69, 9.17) is 9.47 Å². The number of hydrogen-bond acceptors (Lipinski definition) is 3. The van der Waals surface area contributed by atoms with E-state index in [9.17, 15) is 4.79 Å². The van der Waals surface area contributed by atoms with Crippen LogP contribution in [0.25, 0.3) is 0 Å². The van der Waals surface area contributed by atoms with Crippen LogP contribution in [0.4, 0.5) is 0 Å². The largest absolute Gasteiger partial charge is 0.456 e. The molecule has 0 amide bonds. The topological polar surface area (TPSA) is 35.5 Å². The van der Waals surface area contributed by atoms with Crippen molar-refractivity contribution in [3.8, 4) is 0 Å². The summed E-state index contributed by atoms with van der Waals surface area (Å²) >= 11 is 0. The van der Waals surface area contributed by atoms with E-state index in [1.54, 1.807) is 7.11 Å². The van der Waals surface area contributed by atoms with Gasteiger partial charge in [-0.2, -0.15) is 0 Å². The Bertz CT molecular complexity index is 426. The fourth-order valence-corrected chi connectivity index (χ4v) is 2.32. The Balaban J connectivity index is 2.68. The molecule has 0 aliphatic heterocycles. The molecule has 0 aliphatic rings. The maximum Gasteiger partial charge on any atom is 0.338 e. The monoisotopic (exact) mass is 292 g/mol. The first-order valence-corrected chi connectivity index (χ1v) is 7.85. The molecule has 0 aromatic heterocycles. The summed E-state index contributed by atoms with van der Waals surface area (Å²) in [6.07, 6.45) is 3.93. The summed E-state index contributed by atoms with van der Waals surface area (Å²) < 4.78 is 10.7. The van der Waals surface area contributed by atoms with Crippen LogP contribution in [0.5, 0.6) is 0 Å². The fraction of sp³-hybridized carbons (Fsp3) is 0.611. The standard InChI is InChI=1S/C18H28O3/c1-5-6-8-15-9-7-10-16(12-15)18(19)21-17(13-20-4)11-14(2)3/h7,9-10,12,14,17H,5-6,8,11,13H2,1-4H3. The van der Waals surface area contributed by atoms with Crippen LogP contribution < -0.4 is 0 Å². The van der Waals surface area contributed by atoms with Crippen molar-refractivity contribution in [3.63, 3.8) is 0 Å². The van der Waals surface area contributed by atoms with E-state index < -0.39 is 0 Å². The summed E-state index contributed by atoms with van der Waals surface area (Å²) in [5.41, 5.74) is 1.83. The molecular formula is C18H28O3. The van der Waals surface area contributed by atoms with E-state index in [0.29, 0.717) is 18.1 Å². The van der Waals surface area contributed by atoms with E-state index in [0.717, 1.165) is 25.7 Å². The molecule has 0 bridgehead atoms. The van der Waals surface area contributed by atoms with E-state index in [-0.39, 0.29) is 12.1 Å². The third-order valence-corrected chi connectivity index (χ3v) is 3.34. The lowest BCUT2D eigenvalue weighted by atomic mass is 10.0. The number of rotatable bonds is 9. The molecular weight excluding hydrogens is 264 g/mol. The second kappa shape index (κ2) is 9.56. The number of aryl methyl sites for hydroxylation is 1. The van der Waals surface area contributed by atoms with Gasteiger partial charge in [0.05, 0.1) is 12.2 Å². The van der Waals surface area contributed by atoms with Gasteiger partial charge in [-0.15, -0.1) is 0 Å². The Morgan fingerprint density at radius 3 is 2.67 bits per heavy atom. The predicted molar refractivity (Wildman–Crippen MR) is 85.6 cm³/mol. The van der Waals surface area contributed by atoms with E-state index in [1.165, 1.54) is 5.56 Å². The number of esters is 1. The normalized spacial score (nSPS) is 12.4.